The lowest BCUT2D eigenvalue weighted by atomic mass is 10.0. The minimum absolute atomic E-state index is 0.208. The molecule has 4 rings (SSSR count). The normalized spacial score (nSPS) is 11.9. The van der Waals surface area contributed by atoms with Crippen molar-refractivity contribution >= 4 is 33.3 Å². The molecule has 0 fully saturated rings. The summed E-state index contributed by atoms with van der Waals surface area (Å²) in [5.41, 5.74) is 1.56. The van der Waals surface area contributed by atoms with Gasteiger partial charge in [0.05, 0.1) is 5.52 Å². The molecule has 0 aliphatic carbocycles. The molecule has 1 aromatic heterocycles. The highest BCUT2D eigenvalue weighted by Gasteiger charge is 2.22. The number of hydrogen-bond acceptors (Lipinski definition) is 4. The highest BCUT2D eigenvalue weighted by atomic mass is 16.3. The minimum atomic E-state index is -0.645. The number of aromatic nitrogens is 2. The van der Waals surface area contributed by atoms with Crippen LogP contribution in [0.2, 0.25) is 0 Å². The Morgan fingerprint density at radius 2 is 1.79 bits per heavy atom. The van der Waals surface area contributed by atoms with Gasteiger partial charge in [-0.2, -0.15) is 10.4 Å². The second kappa shape index (κ2) is 7.49. The Kier molecular flexibility index (Phi) is 4.71. The maximum atomic E-state index is 12.5. The average Bonchev–Trinajstić information content (AvgIpc) is 3.10. The van der Waals surface area contributed by atoms with Crippen LogP contribution in [0.4, 0.5) is 0 Å². The molecule has 0 spiro atoms. The van der Waals surface area contributed by atoms with Gasteiger partial charge in [-0.25, -0.2) is 0 Å². The predicted octanol–water partition coefficient (Wildman–Crippen LogP) is 3.84. The molecule has 6 heteroatoms. The molecule has 0 atom stereocenters. The molecule has 3 aromatic carbocycles. The molecule has 0 radical (unpaired) electrons. The fraction of sp³-hybridized carbons (Fsp3) is 0.0870. The second-order valence-electron chi connectivity index (χ2n) is 6.66. The van der Waals surface area contributed by atoms with Gasteiger partial charge in [0, 0.05) is 24.4 Å². The number of hydrogen-bond donors (Lipinski definition) is 2. The van der Waals surface area contributed by atoms with E-state index in [1.807, 2.05) is 72.8 Å². The number of aliphatic hydroxyl groups is 1. The SMILES string of the molecule is Cn1nc(/C(O)=C(\C#N)C(=O)NCc2ccccc2)c2ccc3ccccc3c21. The highest BCUT2D eigenvalue weighted by molar-refractivity contribution is 6.10. The Bertz CT molecular complexity index is 1300. The zero-order valence-electron chi connectivity index (χ0n) is 15.8. The van der Waals surface area contributed by atoms with E-state index < -0.39 is 11.7 Å². The molecular weight excluding hydrogens is 364 g/mol. The highest BCUT2D eigenvalue weighted by Crippen LogP contribution is 2.30. The van der Waals surface area contributed by atoms with Crippen LogP contribution in [0, 0.1) is 11.3 Å². The van der Waals surface area contributed by atoms with Crippen LogP contribution in [0.15, 0.2) is 72.3 Å². The van der Waals surface area contributed by atoms with Gasteiger partial charge in [-0.05, 0) is 17.0 Å². The van der Waals surface area contributed by atoms with E-state index in [4.69, 9.17) is 0 Å². The molecule has 4 aromatic rings. The zero-order chi connectivity index (χ0) is 20.4. The molecule has 1 heterocycles. The summed E-state index contributed by atoms with van der Waals surface area (Å²) in [7, 11) is 1.77. The molecule has 0 saturated heterocycles. The zero-order valence-corrected chi connectivity index (χ0v) is 15.8. The number of amides is 1. The van der Waals surface area contributed by atoms with Crippen molar-refractivity contribution in [2.75, 3.05) is 0 Å². The summed E-state index contributed by atoms with van der Waals surface area (Å²) in [6.07, 6.45) is 0. The van der Waals surface area contributed by atoms with Gasteiger partial charge < -0.3 is 10.4 Å². The summed E-state index contributed by atoms with van der Waals surface area (Å²) in [6, 6.07) is 22.8. The Morgan fingerprint density at radius 3 is 2.55 bits per heavy atom. The van der Waals surface area contributed by atoms with Gasteiger partial charge in [0.2, 0.25) is 0 Å². The first-order valence-electron chi connectivity index (χ1n) is 9.10. The molecule has 0 aliphatic rings. The fourth-order valence-corrected chi connectivity index (χ4v) is 3.42. The Hall–Kier alpha value is -4.11. The summed E-state index contributed by atoms with van der Waals surface area (Å²) >= 11 is 0. The number of nitrogens with one attached hydrogen (secondary N) is 1. The molecule has 0 saturated carbocycles. The van der Waals surface area contributed by atoms with Crippen LogP contribution in [-0.2, 0) is 18.4 Å². The summed E-state index contributed by atoms with van der Waals surface area (Å²) < 4.78 is 1.65. The van der Waals surface area contributed by atoms with Gasteiger partial charge in [-0.15, -0.1) is 0 Å². The monoisotopic (exact) mass is 382 g/mol. The Balaban J connectivity index is 1.75. The number of carbonyl (C=O) groups is 1. The van der Waals surface area contributed by atoms with Gasteiger partial charge in [0.15, 0.2) is 11.3 Å². The third kappa shape index (κ3) is 3.30. The van der Waals surface area contributed by atoms with Crippen molar-refractivity contribution in [1.29, 1.82) is 5.26 Å². The second-order valence-corrected chi connectivity index (χ2v) is 6.66. The van der Waals surface area contributed by atoms with Crippen molar-refractivity contribution < 1.29 is 9.90 Å². The van der Waals surface area contributed by atoms with Gasteiger partial charge in [-0.1, -0.05) is 60.7 Å². The van der Waals surface area contributed by atoms with Crippen molar-refractivity contribution in [3.8, 4) is 6.07 Å². The number of nitriles is 1. The first kappa shape index (κ1) is 18.3. The van der Waals surface area contributed by atoms with Crippen molar-refractivity contribution in [3.63, 3.8) is 0 Å². The largest absolute Gasteiger partial charge is 0.504 e. The smallest absolute Gasteiger partial charge is 0.266 e. The average molecular weight is 382 g/mol. The van der Waals surface area contributed by atoms with Crippen LogP contribution in [0.1, 0.15) is 11.3 Å². The molecule has 0 unspecified atom stereocenters. The van der Waals surface area contributed by atoms with Crippen molar-refractivity contribution in [2.24, 2.45) is 7.05 Å². The quantitative estimate of drug-likeness (QED) is 0.319. The van der Waals surface area contributed by atoms with E-state index in [9.17, 15) is 15.2 Å². The topological polar surface area (TPSA) is 90.9 Å². The number of carbonyl (C=O) groups excluding carboxylic acids is 1. The van der Waals surface area contributed by atoms with E-state index in [1.165, 1.54) is 0 Å². The van der Waals surface area contributed by atoms with Crippen LogP contribution < -0.4 is 5.32 Å². The van der Waals surface area contributed by atoms with Crippen molar-refractivity contribution in [3.05, 3.63) is 83.6 Å². The lowest BCUT2D eigenvalue weighted by molar-refractivity contribution is -0.117. The number of nitrogens with zero attached hydrogens (tertiary/aromatic N) is 3. The van der Waals surface area contributed by atoms with E-state index >= 15 is 0 Å². The number of rotatable bonds is 4. The first-order valence-corrected chi connectivity index (χ1v) is 9.10. The van der Waals surface area contributed by atoms with Gasteiger partial charge in [-0.3, -0.25) is 9.48 Å². The van der Waals surface area contributed by atoms with Gasteiger partial charge >= 0.3 is 0 Å². The van der Waals surface area contributed by atoms with Crippen LogP contribution in [0.5, 0.6) is 0 Å². The van der Waals surface area contributed by atoms with Crippen LogP contribution >= 0.6 is 0 Å². The predicted molar refractivity (Wildman–Crippen MR) is 112 cm³/mol. The maximum absolute atomic E-state index is 12.5. The minimum Gasteiger partial charge on any atom is -0.504 e. The molecule has 29 heavy (non-hydrogen) atoms. The lowest BCUT2D eigenvalue weighted by Crippen LogP contribution is -2.25. The van der Waals surface area contributed by atoms with Crippen LogP contribution in [0.3, 0.4) is 0 Å². The van der Waals surface area contributed by atoms with E-state index in [0.29, 0.717) is 5.39 Å². The molecule has 0 aliphatic heterocycles. The number of aliphatic hydroxyl groups excluding tert-OH is 1. The van der Waals surface area contributed by atoms with E-state index in [-0.39, 0.29) is 17.8 Å². The molecule has 0 bridgehead atoms. The molecular formula is C23H18N4O2. The van der Waals surface area contributed by atoms with Crippen molar-refractivity contribution in [2.45, 2.75) is 6.54 Å². The summed E-state index contributed by atoms with van der Waals surface area (Å²) in [5.74, 6) is -1.08. The molecule has 142 valence electrons. The van der Waals surface area contributed by atoms with Crippen LogP contribution in [-0.4, -0.2) is 20.8 Å². The third-order valence-electron chi connectivity index (χ3n) is 4.83. The maximum Gasteiger partial charge on any atom is 0.266 e. The van der Waals surface area contributed by atoms with Gasteiger partial charge in [0.25, 0.3) is 5.91 Å². The molecule has 2 N–H and O–H groups in total. The Morgan fingerprint density at radius 1 is 1.07 bits per heavy atom. The standard InChI is InChI=1S/C23H18N4O2/c1-27-21-17-10-6-5-9-16(17)11-12-18(21)20(26-27)22(28)19(13-24)23(29)25-14-15-7-3-2-4-8-15/h2-12,28H,14H2,1H3,(H,25,29)/b22-19-. The third-order valence-corrected chi connectivity index (χ3v) is 4.83. The molecule has 1 amide bonds. The first-order chi connectivity index (χ1) is 14.1. The summed E-state index contributed by atoms with van der Waals surface area (Å²) in [6.45, 7) is 0.256. The van der Waals surface area contributed by atoms with Gasteiger partial charge in [0.1, 0.15) is 11.8 Å². The number of fused-ring (bicyclic) bond motifs is 3. The van der Waals surface area contributed by atoms with Crippen molar-refractivity contribution in [1.82, 2.24) is 15.1 Å². The lowest BCUT2D eigenvalue weighted by Gasteiger charge is -2.06. The van der Waals surface area contributed by atoms with E-state index in [1.54, 1.807) is 11.7 Å². The fourth-order valence-electron chi connectivity index (χ4n) is 3.42. The summed E-state index contributed by atoms with van der Waals surface area (Å²) in [4.78, 5) is 12.5. The van der Waals surface area contributed by atoms with E-state index in [0.717, 1.165) is 21.9 Å². The van der Waals surface area contributed by atoms with Crippen LogP contribution in [0.25, 0.3) is 27.4 Å². The molecule has 6 nitrogen and oxygen atoms in total. The van der Waals surface area contributed by atoms with E-state index in [2.05, 4.69) is 10.4 Å². The Labute approximate surface area is 167 Å². The number of benzene rings is 3. The summed E-state index contributed by atoms with van der Waals surface area (Å²) in [5, 5.41) is 30.0. The number of aryl methyl sites for hydroxylation is 1.